The van der Waals surface area contributed by atoms with Crippen LogP contribution >= 0.6 is 0 Å². The smallest absolute Gasteiger partial charge is 0.209 e. The molecule has 5 heteroatoms. The summed E-state index contributed by atoms with van der Waals surface area (Å²) in [4.78, 5) is 7.96. The van der Waals surface area contributed by atoms with Gasteiger partial charge in [0.2, 0.25) is 5.69 Å². The van der Waals surface area contributed by atoms with Crippen LogP contribution in [-0.4, -0.2) is 86.2 Å². The molecule has 0 aliphatic carbocycles. The minimum Gasteiger partial charge on any atom is -0.385 e. The highest BCUT2D eigenvalue weighted by atomic mass is 16.5. The van der Waals surface area contributed by atoms with E-state index in [1.165, 1.54) is 86.5 Å². The van der Waals surface area contributed by atoms with Crippen LogP contribution in [0, 0.1) is 0 Å². The monoisotopic (exact) mass is 595 g/mol. The largest absolute Gasteiger partial charge is 0.385 e. The Balaban J connectivity index is 1.33. The van der Waals surface area contributed by atoms with Crippen LogP contribution < -0.4 is 4.90 Å². The molecule has 0 bridgehead atoms. The molecule has 0 saturated carbocycles. The topological polar surface area (TPSA) is 22.0 Å². The minimum absolute atomic E-state index is 0.0880. The molecule has 0 radical (unpaired) electrons. The number of para-hydroxylation sites is 2. The summed E-state index contributed by atoms with van der Waals surface area (Å²) in [5.74, 6) is 0. The summed E-state index contributed by atoms with van der Waals surface area (Å²) in [6.45, 7) is 16.8. The van der Waals surface area contributed by atoms with Crippen molar-refractivity contribution >= 4 is 17.1 Å². The van der Waals surface area contributed by atoms with Gasteiger partial charge in [-0.1, -0.05) is 55.8 Å². The van der Waals surface area contributed by atoms with Gasteiger partial charge in [0.1, 0.15) is 6.54 Å². The lowest BCUT2D eigenvalue weighted by molar-refractivity contribution is -0.433. The summed E-state index contributed by atoms with van der Waals surface area (Å²) >= 11 is 0. The van der Waals surface area contributed by atoms with Crippen LogP contribution in [0.1, 0.15) is 76.8 Å². The molecule has 2 saturated heterocycles. The molecular weight excluding hydrogens is 540 g/mol. The summed E-state index contributed by atoms with van der Waals surface area (Å²) in [7, 11) is 1.81. The Hall–Kier alpha value is -2.73. The molecule has 2 aromatic rings. The van der Waals surface area contributed by atoms with E-state index in [-0.39, 0.29) is 10.8 Å². The summed E-state index contributed by atoms with van der Waals surface area (Å²) in [6, 6.07) is 18.5. The summed E-state index contributed by atoms with van der Waals surface area (Å²) in [5.41, 5.74) is 9.11. The van der Waals surface area contributed by atoms with Gasteiger partial charge in [0.15, 0.2) is 5.71 Å². The lowest BCUT2D eigenvalue weighted by atomic mass is 9.70. The molecule has 2 aromatic carbocycles. The van der Waals surface area contributed by atoms with Crippen LogP contribution in [0.2, 0.25) is 0 Å². The summed E-state index contributed by atoms with van der Waals surface area (Å²) in [6.07, 6.45) is 15.9. The van der Waals surface area contributed by atoms with Gasteiger partial charge in [-0.25, -0.2) is 0 Å². The van der Waals surface area contributed by atoms with Gasteiger partial charge in [0, 0.05) is 61.3 Å². The molecule has 0 atom stereocenters. The zero-order valence-corrected chi connectivity index (χ0v) is 27.9. The lowest BCUT2D eigenvalue weighted by Gasteiger charge is -2.41. The van der Waals surface area contributed by atoms with Gasteiger partial charge in [0.25, 0.3) is 0 Å². The van der Waals surface area contributed by atoms with Crippen molar-refractivity contribution < 1.29 is 9.31 Å². The molecule has 0 unspecified atom stereocenters. The predicted octanol–water partition coefficient (Wildman–Crippen LogP) is 7.29. The van der Waals surface area contributed by atoms with Gasteiger partial charge in [-0.15, -0.1) is 0 Å². The number of hydrogen-bond donors (Lipinski definition) is 0. The third-order valence-electron chi connectivity index (χ3n) is 11.2. The molecule has 44 heavy (non-hydrogen) atoms. The van der Waals surface area contributed by atoms with E-state index < -0.39 is 0 Å². The van der Waals surface area contributed by atoms with Crippen molar-refractivity contribution in [1.29, 1.82) is 0 Å². The Morgan fingerprint density at radius 3 is 2.09 bits per heavy atom. The maximum Gasteiger partial charge on any atom is 0.209 e. The molecule has 0 aromatic heterocycles. The van der Waals surface area contributed by atoms with Crippen LogP contribution in [0.3, 0.4) is 0 Å². The standard InChI is InChI=1S/C39H55N4O/c1-5-8-25-40-27-21-38(22-28-40)32-15-9-11-17-34(32)42(6-2)36(38)19-13-20-37-39(23-29-41(30-24-39)26-14-31-44-4)33-16-10-12-18-35(33)43(37)7-3/h9-13,15-20H,5-8,14,21-31H2,1-4H3/q+1. The van der Waals surface area contributed by atoms with Crippen molar-refractivity contribution in [2.24, 2.45) is 0 Å². The first-order valence-electron chi connectivity index (χ1n) is 17.6. The summed E-state index contributed by atoms with van der Waals surface area (Å²) in [5, 5.41) is 0. The fraction of sp³-hybridized carbons (Fsp3) is 0.564. The molecular formula is C39H55N4O+. The number of ether oxygens (including phenoxy) is 1. The number of anilines is 1. The number of benzene rings is 2. The fourth-order valence-electron chi connectivity index (χ4n) is 8.87. The molecule has 236 valence electrons. The Morgan fingerprint density at radius 2 is 1.43 bits per heavy atom. The van der Waals surface area contributed by atoms with E-state index in [9.17, 15) is 0 Å². The van der Waals surface area contributed by atoms with E-state index >= 15 is 0 Å². The van der Waals surface area contributed by atoms with Gasteiger partial charge in [0.05, 0.1) is 5.41 Å². The second-order valence-electron chi connectivity index (χ2n) is 13.4. The predicted molar refractivity (Wildman–Crippen MR) is 185 cm³/mol. The van der Waals surface area contributed by atoms with E-state index in [0.29, 0.717) is 0 Å². The zero-order chi connectivity index (χ0) is 30.6. The fourth-order valence-corrected chi connectivity index (χ4v) is 8.87. The van der Waals surface area contributed by atoms with Crippen molar-refractivity contribution in [3.05, 3.63) is 83.6 Å². The molecule has 6 rings (SSSR count). The first-order chi connectivity index (χ1) is 21.6. The van der Waals surface area contributed by atoms with Crippen molar-refractivity contribution in [3.8, 4) is 0 Å². The molecule has 2 spiro atoms. The Morgan fingerprint density at radius 1 is 0.795 bits per heavy atom. The molecule has 5 nitrogen and oxygen atoms in total. The van der Waals surface area contributed by atoms with Gasteiger partial charge in [-0.2, -0.15) is 4.58 Å². The van der Waals surface area contributed by atoms with Crippen molar-refractivity contribution in [2.75, 3.05) is 71.0 Å². The van der Waals surface area contributed by atoms with Crippen LogP contribution in [0.15, 0.2) is 72.5 Å². The number of methoxy groups -OCH3 is 1. The number of hydrogen-bond acceptors (Lipinski definition) is 4. The van der Waals surface area contributed by atoms with Gasteiger partial charge in [-0.05, 0) is 103 Å². The number of rotatable bonds is 11. The highest BCUT2D eigenvalue weighted by Gasteiger charge is 2.52. The normalized spacial score (nSPS) is 22.2. The SMILES string of the molecule is CCCCN1CCC2(CC1)C(C=CC=C1N(CC)c3ccccc3C13CCN(CCCOC)CC3)=[N+](CC)c1ccccc12. The maximum atomic E-state index is 5.35. The number of allylic oxidation sites excluding steroid dienone is 4. The number of unbranched alkanes of at least 4 members (excludes halogenated alkanes) is 1. The maximum absolute atomic E-state index is 5.35. The number of nitrogens with zero attached hydrogens (tertiary/aromatic N) is 4. The first kappa shape index (κ1) is 31.3. The number of fused-ring (bicyclic) bond motifs is 4. The molecule has 4 aliphatic rings. The van der Waals surface area contributed by atoms with Gasteiger partial charge >= 0.3 is 0 Å². The summed E-state index contributed by atoms with van der Waals surface area (Å²) < 4.78 is 7.96. The Labute approximate surface area is 266 Å². The minimum atomic E-state index is 0.0880. The average molecular weight is 596 g/mol. The highest BCUT2D eigenvalue weighted by molar-refractivity contribution is 6.04. The van der Waals surface area contributed by atoms with Crippen LogP contribution in [0.25, 0.3) is 0 Å². The van der Waals surface area contributed by atoms with Crippen LogP contribution in [-0.2, 0) is 15.6 Å². The molecule has 2 fully saturated rings. The molecule has 0 N–H and O–H groups in total. The van der Waals surface area contributed by atoms with Gasteiger partial charge in [-0.3, -0.25) is 0 Å². The lowest BCUT2D eigenvalue weighted by Crippen LogP contribution is -2.46. The molecule has 0 amide bonds. The second kappa shape index (κ2) is 13.7. The second-order valence-corrected chi connectivity index (χ2v) is 13.4. The quantitative estimate of drug-likeness (QED) is 0.201. The van der Waals surface area contributed by atoms with Crippen LogP contribution in [0.5, 0.6) is 0 Å². The van der Waals surface area contributed by atoms with Crippen molar-refractivity contribution in [2.45, 2.75) is 76.5 Å². The van der Waals surface area contributed by atoms with E-state index in [0.717, 1.165) is 45.8 Å². The number of piperidine rings is 2. The molecule has 4 heterocycles. The number of likely N-dealkylation sites (N-methyl/N-ethyl adjacent to an activating group) is 1. The van der Waals surface area contributed by atoms with Crippen molar-refractivity contribution in [1.82, 2.24) is 9.80 Å². The number of likely N-dealkylation sites (tertiary alicyclic amines) is 2. The van der Waals surface area contributed by atoms with Crippen molar-refractivity contribution in [3.63, 3.8) is 0 Å². The Bertz CT molecular complexity index is 1370. The zero-order valence-electron chi connectivity index (χ0n) is 27.9. The third-order valence-corrected chi connectivity index (χ3v) is 11.2. The van der Waals surface area contributed by atoms with E-state index in [2.05, 4.69) is 107 Å². The van der Waals surface area contributed by atoms with E-state index in [1.807, 2.05) is 7.11 Å². The first-order valence-corrected chi connectivity index (χ1v) is 17.6. The van der Waals surface area contributed by atoms with Crippen LogP contribution in [0.4, 0.5) is 11.4 Å². The van der Waals surface area contributed by atoms with Gasteiger partial charge < -0.3 is 19.4 Å². The van der Waals surface area contributed by atoms with E-state index in [1.54, 1.807) is 5.56 Å². The average Bonchev–Trinajstić information content (AvgIpc) is 3.47. The third kappa shape index (κ3) is 5.50. The molecule has 4 aliphatic heterocycles. The highest BCUT2D eigenvalue weighted by Crippen LogP contribution is 2.53. The Kier molecular flexibility index (Phi) is 9.75. The van der Waals surface area contributed by atoms with E-state index in [4.69, 9.17) is 4.74 Å².